The molecule has 0 bridgehead atoms. The summed E-state index contributed by atoms with van der Waals surface area (Å²) in [7, 11) is 0. The Hall–Kier alpha value is -1.73. The maximum absolute atomic E-state index is 6.01. The molecule has 2 aromatic rings. The number of hydrogen-bond donors (Lipinski definition) is 0. The lowest BCUT2D eigenvalue weighted by Crippen LogP contribution is -1.81. The zero-order valence-corrected chi connectivity index (χ0v) is 9.95. The van der Waals surface area contributed by atoms with E-state index in [1.807, 2.05) is 42.5 Å². The highest BCUT2D eigenvalue weighted by molar-refractivity contribution is 6.30. The lowest BCUT2D eigenvalue weighted by Gasteiger charge is -2.00. The molecule has 0 fully saturated rings. The van der Waals surface area contributed by atoms with Crippen LogP contribution in [0.4, 0.5) is 0 Å². The molecule has 17 heavy (non-hydrogen) atoms. The molecule has 0 spiro atoms. The second kappa shape index (κ2) is 4.27. The maximum Gasteiger partial charge on any atom is 0.128 e. The molecule has 1 heterocycles. The molecule has 0 amide bonds. The van der Waals surface area contributed by atoms with Gasteiger partial charge < -0.3 is 4.74 Å². The van der Waals surface area contributed by atoms with Crippen molar-refractivity contribution in [3.63, 3.8) is 0 Å². The molecular weight excluding hydrogens is 232 g/mol. The van der Waals surface area contributed by atoms with Gasteiger partial charge in [0.15, 0.2) is 0 Å². The summed E-state index contributed by atoms with van der Waals surface area (Å²) in [6, 6.07) is 16.0. The monoisotopic (exact) mass is 242 g/mol. The molecule has 0 aromatic heterocycles. The molecule has 0 N–H and O–H groups in total. The van der Waals surface area contributed by atoms with E-state index < -0.39 is 0 Å². The Labute approximate surface area is 105 Å². The predicted octanol–water partition coefficient (Wildman–Crippen LogP) is 4.37. The number of benzene rings is 2. The third kappa shape index (κ3) is 2.06. The molecule has 1 aliphatic rings. The highest BCUT2D eigenvalue weighted by Gasteiger charge is 2.17. The van der Waals surface area contributed by atoms with Gasteiger partial charge in [-0.15, -0.1) is 0 Å². The molecule has 3 rings (SSSR count). The molecule has 0 unspecified atom stereocenters. The van der Waals surface area contributed by atoms with Crippen LogP contribution in [0.15, 0.2) is 48.5 Å². The van der Waals surface area contributed by atoms with Crippen molar-refractivity contribution in [2.24, 2.45) is 0 Å². The van der Waals surface area contributed by atoms with Gasteiger partial charge in [0, 0.05) is 16.1 Å². The summed E-state index contributed by atoms with van der Waals surface area (Å²) >= 11 is 6.01. The summed E-state index contributed by atoms with van der Waals surface area (Å²) in [5.41, 5.74) is 3.42. The molecule has 1 nitrogen and oxygen atoms in total. The number of ether oxygens (including phenoxy) is 1. The average Bonchev–Trinajstić information content (AvgIpc) is 2.73. The summed E-state index contributed by atoms with van der Waals surface area (Å²) in [6.07, 6.45) is 2.04. The second-order valence-corrected chi connectivity index (χ2v) is 4.45. The van der Waals surface area contributed by atoms with E-state index in [9.17, 15) is 0 Å². The van der Waals surface area contributed by atoms with Gasteiger partial charge in [-0.05, 0) is 23.8 Å². The molecule has 0 aliphatic carbocycles. The van der Waals surface area contributed by atoms with Gasteiger partial charge >= 0.3 is 0 Å². The number of rotatable bonds is 1. The minimum Gasteiger partial charge on any atom is -0.488 e. The molecule has 0 saturated carbocycles. The quantitative estimate of drug-likeness (QED) is 0.722. The van der Waals surface area contributed by atoms with Crippen molar-refractivity contribution in [1.29, 1.82) is 0 Å². The van der Waals surface area contributed by atoms with Crippen molar-refractivity contribution < 1.29 is 4.74 Å². The van der Waals surface area contributed by atoms with Crippen molar-refractivity contribution in [2.45, 2.75) is 6.61 Å². The Morgan fingerprint density at radius 3 is 2.71 bits per heavy atom. The Balaban J connectivity index is 2.04. The van der Waals surface area contributed by atoms with Gasteiger partial charge in [0.25, 0.3) is 0 Å². The standard InChI is InChI=1S/C15H11ClO/c16-13-7-6-12-10-17-15(14(12)9-13)8-11-4-2-1-3-5-11/h1-9H,10H2/b15-8-. The van der Waals surface area contributed by atoms with Crippen LogP contribution in [-0.2, 0) is 11.3 Å². The molecule has 0 saturated heterocycles. The number of halogens is 1. The normalized spacial score (nSPS) is 15.7. The Kier molecular flexibility index (Phi) is 2.62. The van der Waals surface area contributed by atoms with Crippen molar-refractivity contribution in [3.8, 4) is 0 Å². The first-order valence-corrected chi connectivity index (χ1v) is 5.89. The molecule has 0 atom stereocenters. The lowest BCUT2D eigenvalue weighted by molar-refractivity contribution is 0.287. The fraction of sp³-hybridized carbons (Fsp3) is 0.0667. The second-order valence-electron chi connectivity index (χ2n) is 4.01. The van der Waals surface area contributed by atoms with E-state index in [0.717, 1.165) is 21.9 Å². The van der Waals surface area contributed by atoms with E-state index in [1.54, 1.807) is 0 Å². The van der Waals surface area contributed by atoms with Crippen molar-refractivity contribution >= 4 is 23.4 Å². The Morgan fingerprint density at radius 2 is 1.88 bits per heavy atom. The smallest absolute Gasteiger partial charge is 0.128 e. The minimum absolute atomic E-state index is 0.630. The van der Waals surface area contributed by atoms with Crippen molar-refractivity contribution in [2.75, 3.05) is 0 Å². The van der Waals surface area contributed by atoms with E-state index in [1.165, 1.54) is 5.56 Å². The summed E-state index contributed by atoms with van der Waals surface area (Å²) < 4.78 is 5.68. The van der Waals surface area contributed by atoms with Gasteiger partial charge in [0.2, 0.25) is 0 Å². The first-order valence-electron chi connectivity index (χ1n) is 5.51. The first-order chi connectivity index (χ1) is 8.33. The lowest BCUT2D eigenvalue weighted by atomic mass is 10.1. The Morgan fingerprint density at radius 1 is 1.06 bits per heavy atom. The summed E-state index contributed by atoms with van der Waals surface area (Å²) in [5, 5.41) is 0.744. The molecule has 84 valence electrons. The van der Waals surface area contributed by atoms with Gasteiger partial charge in [-0.1, -0.05) is 48.0 Å². The SMILES string of the molecule is Clc1ccc2c(c1)/C(=C/c1ccccc1)OC2. The van der Waals surface area contributed by atoms with Gasteiger partial charge in [-0.25, -0.2) is 0 Å². The first kappa shape index (κ1) is 10.4. The number of hydrogen-bond acceptors (Lipinski definition) is 1. The van der Waals surface area contributed by atoms with Gasteiger partial charge in [-0.3, -0.25) is 0 Å². The average molecular weight is 243 g/mol. The van der Waals surface area contributed by atoms with Crippen molar-refractivity contribution in [1.82, 2.24) is 0 Å². The summed E-state index contributed by atoms with van der Waals surface area (Å²) in [5.74, 6) is 0.897. The van der Waals surface area contributed by atoms with Crippen LogP contribution in [0.3, 0.4) is 0 Å². The van der Waals surface area contributed by atoms with E-state index in [2.05, 4.69) is 12.1 Å². The largest absolute Gasteiger partial charge is 0.488 e. The van der Waals surface area contributed by atoms with Crippen LogP contribution in [0, 0.1) is 0 Å². The van der Waals surface area contributed by atoms with Gasteiger partial charge in [0.1, 0.15) is 12.4 Å². The van der Waals surface area contributed by atoms with Crippen molar-refractivity contribution in [3.05, 3.63) is 70.2 Å². The maximum atomic E-state index is 6.01. The third-order valence-corrected chi connectivity index (χ3v) is 3.05. The van der Waals surface area contributed by atoms with Crippen LogP contribution in [0.25, 0.3) is 11.8 Å². The van der Waals surface area contributed by atoms with Crippen LogP contribution >= 0.6 is 11.6 Å². The van der Waals surface area contributed by atoms with Crippen LogP contribution in [-0.4, -0.2) is 0 Å². The molecule has 2 heteroatoms. The predicted molar refractivity (Wildman–Crippen MR) is 70.6 cm³/mol. The topological polar surface area (TPSA) is 9.23 Å². The van der Waals surface area contributed by atoms with Gasteiger partial charge in [-0.2, -0.15) is 0 Å². The van der Waals surface area contributed by atoms with E-state index in [-0.39, 0.29) is 0 Å². The third-order valence-electron chi connectivity index (χ3n) is 2.82. The van der Waals surface area contributed by atoms with Gasteiger partial charge in [0.05, 0.1) is 0 Å². The zero-order valence-electron chi connectivity index (χ0n) is 9.19. The van der Waals surface area contributed by atoms with Crippen LogP contribution in [0.5, 0.6) is 0 Å². The molecule has 2 aromatic carbocycles. The van der Waals surface area contributed by atoms with Crippen LogP contribution in [0.1, 0.15) is 16.7 Å². The fourth-order valence-electron chi connectivity index (χ4n) is 1.96. The highest BCUT2D eigenvalue weighted by Crippen LogP contribution is 2.32. The van der Waals surface area contributed by atoms with E-state index >= 15 is 0 Å². The Bertz CT molecular complexity index is 573. The molecule has 1 aliphatic heterocycles. The number of fused-ring (bicyclic) bond motifs is 1. The fourth-order valence-corrected chi connectivity index (χ4v) is 2.13. The molecular formula is C15H11ClO. The summed E-state index contributed by atoms with van der Waals surface area (Å²) in [6.45, 7) is 0.630. The van der Waals surface area contributed by atoms with Crippen LogP contribution < -0.4 is 0 Å². The van der Waals surface area contributed by atoms with E-state index in [0.29, 0.717) is 6.61 Å². The summed E-state index contributed by atoms with van der Waals surface area (Å²) in [4.78, 5) is 0. The molecule has 0 radical (unpaired) electrons. The highest BCUT2D eigenvalue weighted by atomic mass is 35.5. The van der Waals surface area contributed by atoms with Crippen LogP contribution in [0.2, 0.25) is 5.02 Å². The van der Waals surface area contributed by atoms with E-state index in [4.69, 9.17) is 16.3 Å². The minimum atomic E-state index is 0.630. The zero-order chi connectivity index (χ0) is 11.7.